The molecule has 1 saturated heterocycles. The number of carbonyl (C=O) groups excluding carboxylic acids is 2. The summed E-state index contributed by atoms with van der Waals surface area (Å²) in [5, 5.41) is 2.87. The number of hydrogen-bond acceptors (Lipinski definition) is 5. The van der Waals surface area contributed by atoms with E-state index in [4.69, 9.17) is 4.74 Å². The fourth-order valence-electron chi connectivity index (χ4n) is 5.04. The molecule has 46 heavy (non-hydrogen) atoms. The third-order valence-corrected chi connectivity index (χ3v) is 8.29. The number of nitrogens with one attached hydrogen (secondary N) is 2. The van der Waals surface area contributed by atoms with E-state index < -0.39 is 35.1 Å². The number of piperidine rings is 1. The first kappa shape index (κ1) is 32.5. The van der Waals surface area contributed by atoms with Gasteiger partial charge in [-0.05, 0) is 78.2 Å². The molecule has 240 valence electrons. The van der Waals surface area contributed by atoms with Crippen LogP contribution in [0.2, 0.25) is 0 Å². The monoisotopic (exact) mass is 655 g/mol. The number of urea groups is 1. The minimum Gasteiger partial charge on any atom is -0.490 e. The number of anilines is 1. The Morgan fingerprint density at radius 3 is 2.24 bits per heavy atom. The topological polar surface area (TPSA) is 97.0 Å². The molecular weight excluding hydrogens is 626 g/mol. The number of nitrogens with zero attached hydrogens (tertiary/aromatic N) is 1. The van der Waals surface area contributed by atoms with Crippen molar-refractivity contribution in [3.8, 4) is 22.6 Å². The van der Waals surface area contributed by atoms with Crippen LogP contribution in [-0.4, -0.2) is 46.6 Å². The Bertz CT molecular complexity index is 1730. The van der Waals surface area contributed by atoms with Crippen LogP contribution in [0.25, 0.3) is 11.1 Å². The van der Waals surface area contributed by atoms with Gasteiger partial charge in [0.05, 0.1) is 4.90 Å². The summed E-state index contributed by atoms with van der Waals surface area (Å²) in [5.74, 6) is -0.723. The first-order valence-electron chi connectivity index (χ1n) is 14.2. The van der Waals surface area contributed by atoms with Gasteiger partial charge in [-0.25, -0.2) is 13.4 Å². The molecule has 2 N–H and O–H groups in total. The van der Waals surface area contributed by atoms with Crippen molar-refractivity contribution >= 4 is 28.6 Å². The van der Waals surface area contributed by atoms with Gasteiger partial charge in [-0.3, -0.25) is 9.52 Å². The van der Waals surface area contributed by atoms with Crippen LogP contribution in [0.4, 0.5) is 28.0 Å². The van der Waals surface area contributed by atoms with Crippen LogP contribution in [0.5, 0.6) is 11.5 Å². The van der Waals surface area contributed by atoms with Gasteiger partial charge in [0, 0.05) is 43.2 Å². The van der Waals surface area contributed by atoms with Gasteiger partial charge in [0.15, 0.2) is 11.0 Å². The van der Waals surface area contributed by atoms with Gasteiger partial charge in [-0.1, -0.05) is 30.3 Å². The third-order valence-electron chi connectivity index (χ3n) is 7.23. The standard InChI is InChI=1S/C33H29F4N3O5S/c1-21-4-2-7-29(30(21)22-8-12-26(13-9-22)45-33(35,36)37)31(41)38-24-5-3-6-27(20-24)44-25-16-18-40(19-17-25)32(42)39-46(43)28-14-10-23(34)11-15-28/h2-15,20,25H,16-19H2,1H3,(H,38,41)(H,39,42). The van der Waals surface area contributed by atoms with Crippen LogP contribution >= 0.6 is 0 Å². The van der Waals surface area contributed by atoms with E-state index in [1.165, 1.54) is 53.4 Å². The van der Waals surface area contributed by atoms with E-state index in [0.717, 1.165) is 5.56 Å². The molecule has 1 aliphatic rings. The average Bonchev–Trinajstić information content (AvgIpc) is 3.01. The SMILES string of the molecule is Cc1cccc(C(=O)Nc2cccc(OC3CCN(C(=O)NS(=O)c4ccc(F)cc4)CC3)c2)c1-c1ccc(OC(F)(F)F)cc1. The van der Waals surface area contributed by atoms with Gasteiger partial charge >= 0.3 is 12.4 Å². The first-order valence-corrected chi connectivity index (χ1v) is 15.4. The van der Waals surface area contributed by atoms with Gasteiger partial charge in [0.2, 0.25) is 0 Å². The van der Waals surface area contributed by atoms with Gasteiger partial charge in [0.25, 0.3) is 5.91 Å². The fraction of sp³-hybridized carbons (Fsp3) is 0.212. The maximum atomic E-state index is 13.4. The number of alkyl halides is 3. The number of hydrogen-bond donors (Lipinski definition) is 2. The van der Waals surface area contributed by atoms with E-state index >= 15 is 0 Å². The highest BCUT2D eigenvalue weighted by Gasteiger charge is 2.31. The van der Waals surface area contributed by atoms with Gasteiger partial charge in [0.1, 0.15) is 23.4 Å². The lowest BCUT2D eigenvalue weighted by molar-refractivity contribution is -0.274. The van der Waals surface area contributed by atoms with E-state index in [-0.39, 0.29) is 16.7 Å². The number of likely N-dealkylation sites (tertiary alicyclic amines) is 1. The lowest BCUT2D eigenvalue weighted by Gasteiger charge is -2.32. The molecule has 4 aromatic carbocycles. The molecule has 1 aliphatic heterocycles. The number of amides is 3. The van der Waals surface area contributed by atoms with Gasteiger partial charge < -0.3 is 19.7 Å². The van der Waals surface area contributed by atoms with E-state index in [1.54, 1.807) is 49.4 Å². The van der Waals surface area contributed by atoms with Crippen molar-refractivity contribution in [2.45, 2.75) is 37.1 Å². The summed E-state index contributed by atoms with van der Waals surface area (Å²) in [6, 6.07) is 21.9. The van der Waals surface area contributed by atoms with Crippen molar-refractivity contribution in [2.24, 2.45) is 0 Å². The van der Waals surface area contributed by atoms with Gasteiger partial charge in [-0.2, -0.15) is 0 Å². The second kappa shape index (κ2) is 14.0. The minimum atomic E-state index is -4.81. The smallest absolute Gasteiger partial charge is 0.490 e. The van der Waals surface area contributed by atoms with Crippen LogP contribution in [0.15, 0.2) is 95.9 Å². The van der Waals surface area contributed by atoms with Gasteiger partial charge in [-0.15, -0.1) is 13.2 Å². The fourth-order valence-corrected chi connectivity index (χ4v) is 5.83. The highest BCUT2D eigenvalue weighted by atomic mass is 32.2. The number of rotatable bonds is 8. The molecule has 0 spiro atoms. The third kappa shape index (κ3) is 8.42. The summed E-state index contributed by atoms with van der Waals surface area (Å²) < 4.78 is 75.8. The number of ether oxygens (including phenoxy) is 2. The zero-order chi connectivity index (χ0) is 32.8. The van der Waals surface area contributed by atoms with Crippen molar-refractivity contribution in [1.29, 1.82) is 0 Å². The van der Waals surface area contributed by atoms with Crippen LogP contribution < -0.4 is 19.5 Å². The van der Waals surface area contributed by atoms with Crippen LogP contribution in [0.1, 0.15) is 28.8 Å². The first-order chi connectivity index (χ1) is 21.9. The number of halogens is 4. The summed E-state index contributed by atoms with van der Waals surface area (Å²) in [5.41, 5.74) is 2.70. The second-order valence-corrected chi connectivity index (χ2v) is 11.7. The normalized spacial score (nSPS) is 14.3. The Morgan fingerprint density at radius 1 is 0.891 bits per heavy atom. The molecule has 1 fully saturated rings. The minimum absolute atomic E-state index is 0.203. The summed E-state index contributed by atoms with van der Waals surface area (Å²) in [7, 11) is -1.82. The molecule has 0 saturated carbocycles. The zero-order valence-electron chi connectivity index (χ0n) is 24.5. The molecule has 8 nitrogen and oxygen atoms in total. The predicted octanol–water partition coefficient (Wildman–Crippen LogP) is 7.23. The van der Waals surface area contributed by atoms with Crippen molar-refractivity contribution in [2.75, 3.05) is 18.4 Å². The van der Waals surface area contributed by atoms with Crippen molar-refractivity contribution in [1.82, 2.24) is 9.62 Å². The molecule has 1 unspecified atom stereocenters. The second-order valence-electron chi connectivity index (χ2n) is 10.5. The maximum absolute atomic E-state index is 13.4. The highest BCUT2D eigenvalue weighted by Crippen LogP contribution is 2.32. The summed E-state index contributed by atoms with van der Waals surface area (Å²) in [6.45, 7) is 2.54. The Hall–Kier alpha value is -4.91. The molecule has 0 bridgehead atoms. The Balaban J connectivity index is 1.18. The Labute approximate surface area is 264 Å². The molecule has 4 aromatic rings. The van der Waals surface area contributed by atoms with Crippen molar-refractivity contribution in [3.05, 3.63) is 108 Å². The van der Waals surface area contributed by atoms with E-state index in [1.807, 2.05) is 0 Å². The van der Waals surface area contributed by atoms with E-state index in [9.17, 15) is 31.4 Å². The Kier molecular flexibility index (Phi) is 9.90. The highest BCUT2D eigenvalue weighted by molar-refractivity contribution is 7.83. The number of aryl methyl sites for hydroxylation is 1. The largest absolute Gasteiger partial charge is 0.573 e. The van der Waals surface area contributed by atoms with E-state index in [0.29, 0.717) is 54.1 Å². The summed E-state index contributed by atoms with van der Waals surface area (Å²) in [4.78, 5) is 27.8. The molecule has 13 heteroatoms. The van der Waals surface area contributed by atoms with Crippen molar-refractivity contribution < 1.29 is 40.8 Å². The quantitative estimate of drug-likeness (QED) is 0.195. The molecule has 0 aliphatic carbocycles. The zero-order valence-corrected chi connectivity index (χ0v) is 25.3. The molecule has 0 aromatic heterocycles. The molecule has 0 radical (unpaired) electrons. The van der Waals surface area contributed by atoms with Crippen LogP contribution in [-0.2, 0) is 11.0 Å². The molecule has 1 atom stereocenters. The Morgan fingerprint density at radius 2 is 1.57 bits per heavy atom. The number of benzene rings is 4. The molecule has 3 amide bonds. The lowest BCUT2D eigenvalue weighted by Crippen LogP contribution is -2.46. The molecule has 1 heterocycles. The van der Waals surface area contributed by atoms with Crippen LogP contribution in [0.3, 0.4) is 0 Å². The molecule has 5 rings (SSSR count). The van der Waals surface area contributed by atoms with E-state index in [2.05, 4.69) is 14.8 Å². The average molecular weight is 656 g/mol. The lowest BCUT2D eigenvalue weighted by atomic mass is 9.94. The summed E-state index contributed by atoms with van der Waals surface area (Å²) in [6.07, 6.45) is -3.97. The molecular formula is C33H29F4N3O5S. The summed E-state index contributed by atoms with van der Waals surface area (Å²) >= 11 is 0. The maximum Gasteiger partial charge on any atom is 0.573 e. The number of carbonyl (C=O) groups is 2. The van der Waals surface area contributed by atoms with Crippen molar-refractivity contribution in [3.63, 3.8) is 0 Å². The predicted molar refractivity (Wildman–Crippen MR) is 164 cm³/mol. The van der Waals surface area contributed by atoms with Crippen LogP contribution in [0, 0.1) is 12.7 Å².